The summed E-state index contributed by atoms with van der Waals surface area (Å²) >= 11 is 0. The van der Waals surface area contributed by atoms with E-state index < -0.39 is 0 Å². The summed E-state index contributed by atoms with van der Waals surface area (Å²) in [6.45, 7) is 2.60. The van der Waals surface area contributed by atoms with Crippen LogP contribution in [0.2, 0.25) is 0 Å². The molecule has 0 heterocycles. The molecule has 0 aromatic heterocycles. The zero-order valence-electron chi connectivity index (χ0n) is 11.3. The molecule has 1 amide bonds. The Bertz CT molecular complexity index is 414. The molecular formula is C14H19NO4. The Balaban J connectivity index is 2.13. The van der Waals surface area contributed by atoms with Gasteiger partial charge in [0.1, 0.15) is 5.75 Å². The fourth-order valence-electron chi connectivity index (χ4n) is 1.39. The van der Waals surface area contributed by atoms with Gasteiger partial charge in [0, 0.05) is 6.54 Å². The molecule has 1 rings (SSSR count). The van der Waals surface area contributed by atoms with Crippen molar-refractivity contribution >= 4 is 11.9 Å². The lowest BCUT2D eigenvalue weighted by Crippen LogP contribution is -2.27. The Hall–Kier alpha value is -2.04. The maximum Gasteiger partial charge on any atom is 0.307 e. The van der Waals surface area contributed by atoms with Gasteiger partial charge < -0.3 is 14.8 Å². The van der Waals surface area contributed by atoms with Crippen LogP contribution in [0.15, 0.2) is 24.3 Å². The molecule has 0 aliphatic rings. The van der Waals surface area contributed by atoms with Crippen molar-refractivity contribution in [1.82, 2.24) is 5.32 Å². The largest absolute Gasteiger partial charge is 0.493 e. The molecule has 1 N–H and O–H groups in total. The van der Waals surface area contributed by atoms with Gasteiger partial charge in [0.25, 0.3) is 0 Å². The van der Waals surface area contributed by atoms with E-state index in [0.29, 0.717) is 6.61 Å². The van der Waals surface area contributed by atoms with Gasteiger partial charge in [-0.15, -0.1) is 0 Å². The molecule has 0 aliphatic carbocycles. The summed E-state index contributed by atoms with van der Waals surface area (Å²) in [6.07, 6.45) is 0.441. The Morgan fingerprint density at radius 1 is 1.16 bits per heavy atom. The number of methoxy groups -OCH3 is 1. The number of hydrogen-bond donors (Lipinski definition) is 1. The number of nitrogens with one attached hydrogen (secondary N) is 1. The van der Waals surface area contributed by atoms with Gasteiger partial charge >= 0.3 is 5.97 Å². The average Bonchev–Trinajstić information content (AvgIpc) is 2.41. The molecule has 0 atom stereocenters. The van der Waals surface area contributed by atoms with Gasteiger partial charge in [0.2, 0.25) is 5.91 Å². The second-order valence-corrected chi connectivity index (χ2v) is 4.09. The lowest BCUT2D eigenvalue weighted by molar-refractivity contribution is -0.140. The standard InChI is InChI=1S/C14H19NO4/c1-11-3-5-12(6-4-11)19-10-8-13(16)15-9-7-14(17)18-2/h3-6H,7-10H2,1-2H3,(H,15,16). The third kappa shape index (κ3) is 6.45. The fraction of sp³-hybridized carbons (Fsp3) is 0.429. The normalized spacial score (nSPS) is 9.79. The maximum absolute atomic E-state index is 11.4. The first kappa shape index (κ1) is 15.0. The molecule has 5 nitrogen and oxygen atoms in total. The highest BCUT2D eigenvalue weighted by molar-refractivity contribution is 5.77. The number of ether oxygens (including phenoxy) is 2. The molecule has 5 heteroatoms. The third-order valence-electron chi connectivity index (χ3n) is 2.50. The lowest BCUT2D eigenvalue weighted by Gasteiger charge is -2.07. The van der Waals surface area contributed by atoms with Crippen LogP contribution in [0.25, 0.3) is 0 Å². The van der Waals surface area contributed by atoms with E-state index in [9.17, 15) is 9.59 Å². The van der Waals surface area contributed by atoms with Crippen molar-refractivity contribution in [2.75, 3.05) is 20.3 Å². The van der Waals surface area contributed by atoms with Crippen molar-refractivity contribution < 1.29 is 19.1 Å². The van der Waals surface area contributed by atoms with Crippen LogP contribution in [-0.2, 0) is 14.3 Å². The van der Waals surface area contributed by atoms with Gasteiger partial charge in [-0.05, 0) is 19.1 Å². The van der Waals surface area contributed by atoms with Crippen molar-refractivity contribution in [3.05, 3.63) is 29.8 Å². The predicted octanol–water partition coefficient (Wildman–Crippen LogP) is 1.44. The molecule has 19 heavy (non-hydrogen) atoms. The number of carbonyl (C=O) groups is 2. The van der Waals surface area contributed by atoms with E-state index in [1.165, 1.54) is 7.11 Å². The van der Waals surface area contributed by atoms with Crippen LogP contribution >= 0.6 is 0 Å². The van der Waals surface area contributed by atoms with Crippen molar-refractivity contribution in [1.29, 1.82) is 0 Å². The average molecular weight is 265 g/mol. The molecule has 0 aliphatic heterocycles. The van der Waals surface area contributed by atoms with Crippen LogP contribution in [-0.4, -0.2) is 32.1 Å². The summed E-state index contributed by atoms with van der Waals surface area (Å²) in [6, 6.07) is 7.63. The van der Waals surface area contributed by atoms with Crippen LogP contribution in [0.1, 0.15) is 18.4 Å². The molecule has 104 valence electrons. The molecule has 0 radical (unpaired) electrons. The molecule has 0 fully saturated rings. The fourth-order valence-corrected chi connectivity index (χ4v) is 1.39. The SMILES string of the molecule is COC(=O)CCNC(=O)CCOc1ccc(C)cc1. The molecule has 0 saturated heterocycles. The zero-order valence-corrected chi connectivity index (χ0v) is 11.3. The second-order valence-electron chi connectivity index (χ2n) is 4.09. The van der Waals surface area contributed by atoms with E-state index in [0.717, 1.165) is 11.3 Å². The molecule has 0 unspecified atom stereocenters. The Morgan fingerprint density at radius 2 is 1.84 bits per heavy atom. The Labute approximate surface area is 112 Å². The second kappa shape index (κ2) is 8.13. The first-order chi connectivity index (χ1) is 9.11. The van der Waals surface area contributed by atoms with Crippen molar-refractivity contribution in [3.8, 4) is 5.75 Å². The van der Waals surface area contributed by atoms with Gasteiger partial charge in [-0.1, -0.05) is 17.7 Å². The Morgan fingerprint density at radius 3 is 2.47 bits per heavy atom. The molecule has 0 saturated carbocycles. The molecule has 0 bridgehead atoms. The van der Waals surface area contributed by atoms with E-state index in [1.807, 2.05) is 31.2 Å². The summed E-state index contributed by atoms with van der Waals surface area (Å²) < 4.78 is 9.89. The number of hydrogen-bond acceptors (Lipinski definition) is 4. The maximum atomic E-state index is 11.4. The van der Waals surface area contributed by atoms with Crippen molar-refractivity contribution in [2.45, 2.75) is 19.8 Å². The minimum Gasteiger partial charge on any atom is -0.493 e. The Kier molecular flexibility index (Phi) is 6.43. The molecule has 0 spiro atoms. The summed E-state index contributed by atoms with van der Waals surface area (Å²) in [7, 11) is 1.32. The number of aryl methyl sites for hydroxylation is 1. The van der Waals surface area contributed by atoms with Crippen LogP contribution in [0.5, 0.6) is 5.75 Å². The number of rotatable bonds is 7. The van der Waals surface area contributed by atoms with Gasteiger partial charge in [0.05, 0.1) is 26.6 Å². The first-order valence-corrected chi connectivity index (χ1v) is 6.15. The number of esters is 1. The number of benzene rings is 1. The van der Waals surface area contributed by atoms with Gasteiger partial charge in [-0.25, -0.2) is 0 Å². The third-order valence-corrected chi connectivity index (χ3v) is 2.50. The van der Waals surface area contributed by atoms with Gasteiger partial charge in [0.15, 0.2) is 0 Å². The van der Waals surface area contributed by atoms with E-state index in [-0.39, 0.29) is 31.3 Å². The topological polar surface area (TPSA) is 64.6 Å². The number of amides is 1. The summed E-state index contributed by atoms with van der Waals surface area (Å²) in [5.74, 6) is 0.264. The van der Waals surface area contributed by atoms with Crippen LogP contribution in [0.4, 0.5) is 0 Å². The highest BCUT2D eigenvalue weighted by Crippen LogP contribution is 2.11. The monoisotopic (exact) mass is 265 g/mol. The zero-order chi connectivity index (χ0) is 14.1. The predicted molar refractivity (Wildman–Crippen MR) is 70.9 cm³/mol. The van der Waals surface area contributed by atoms with Crippen LogP contribution in [0.3, 0.4) is 0 Å². The van der Waals surface area contributed by atoms with Crippen molar-refractivity contribution in [2.24, 2.45) is 0 Å². The van der Waals surface area contributed by atoms with Crippen LogP contribution in [0, 0.1) is 6.92 Å². The molecular weight excluding hydrogens is 246 g/mol. The highest BCUT2D eigenvalue weighted by Gasteiger charge is 2.04. The van der Waals surface area contributed by atoms with E-state index in [4.69, 9.17) is 4.74 Å². The summed E-state index contributed by atoms with van der Waals surface area (Å²) in [5.41, 5.74) is 1.16. The first-order valence-electron chi connectivity index (χ1n) is 6.15. The highest BCUT2D eigenvalue weighted by atomic mass is 16.5. The molecule has 1 aromatic rings. The molecule has 1 aromatic carbocycles. The van der Waals surface area contributed by atoms with E-state index in [2.05, 4.69) is 10.1 Å². The van der Waals surface area contributed by atoms with E-state index >= 15 is 0 Å². The smallest absolute Gasteiger partial charge is 0.307 e. The lowest BCUT2D eigenvalue weighted by atomic mass is 10.2. The quantitative estimate of drug-likeness (QED) is 0.758. The van der Waals surface area contributed by atoms with E-state index in [1.54, 1.807) is 0 Å². The van der Waals surface area contributed by atoms with Gasteiger partial charge in [-0.3, -0.25) is 9.59 Å². The minimum atomic E-state index is -0.337. The van der Waals surface area contributed by atoms with Crippen molar-refractivity contribution in [3.63, 3.8) is 0 Å². The summed E-state index contributed by atoms with van der Waals surface area (Å²) in [5, 5.41) is 2.62. The van der Waals surface area contributed by atoms with Gasteiger partial charge in [-0.2, -0.15) is 0 Å². The van der Waals surface area contributed by atoms with Crippen LogP contribution < -0.4 is 10.1 Å². The number of carbonyl (C=O) groups excluding carboxylic acids is 2. The summed E-state index contributed by atoms with van der Waals surface area (Å²) in [4.78, 5) is 22.2. The minimum absolute atomic E-state index is 0.143.